The minimum atomic E-state index is -4.32. The second kappa shape index (κ2) is 4.45. The molecule has 0 radical (unpaired) electrons. The summed E-state index contributed by atoms with van der Waals surface area (Å²) < 4.78 is 37.5. The van der Waals surface area contributed by atoms with E-state index < -0.39 is 11.7 Å². The van der Waals surface area contributed by atoms with Gasteiger partial charge in [-0.2, -0.15) is 13.2 Å². The Kier molecular flexibility index (Phi) is 3.72. The summed E-state index contributed by atoms with van der Waals surface area (Å²) in [6, 6.07) is 4.18. The molecular weight excluding hydrogens is 233 g/mol. The summed E-state index contributed by atoms with van der Waals surface area (Å²) in [4.78, 5) is 0.589. The summed E-state index contributed by atoms with van der Waals surface area (Å²) in [6.45, 7) is 0. The Hall–Kier alpha value is -0.350. The summed E-state index contributed by atoms with van der Waals surface area (Å²) in [7, 11) is 0. The van der Waals surface area contributed by atoms with E-state index in [0.29, 0.717) is 4.90 Å². The van der Waals surface area contributed by atoms with E-state index in [4.69, 9.17) is 11.6 Å². The van der Waals surface area contributed by atoms with E-state index in [-0.39, 0.29) is 11.4 Å². The van der Waals surface area contributed by atoms with Crippen LogP contribution in [-0.4, -0.2) is 6.26 Å². The average Bonchev–Trinajstić information content (AvgIpc) is 2.15. The van der Waals surface area contributed by atoms with Gasteiger partial charge in [0.2, 0.25) is 0 Å². The van der Waals surface area contributed by atoms with E-state index in [0.717, 1.165) is 6.07 Å². The minimum absolute atomic E-state index is 0.122. The molecule has 0 heterocycles. The molecule has 0 aliphatic carbocycles. The van der Waals surface area contributed by atoms with Crippen molar-refractivity contribution in [1.82, 2.24) is 0 Å². The van der Waals surface area contributed by atoms with Crippen LogP contribution >= 0.6 is 23.4 Å². The van der Waals surface area contributed by atoms with Crippen molar-refractivity contribution >= 4 is 23.4 Å². The van der Waals surface area contributed by atoms with Crippen LogP contribution in [0.3, 0.4) is 0 Å². The molecule has 5 heteroatoms. The van der Waals surface area contributed by atoms with E-state index in [1.165, 1.54) is 17.8 Å². The van der Waals surface area contributed by atoms with Crippen LogP contribution in [0.15, 0.2) is 23.1 Å². The van der Waals surface area contributed by atoms with Gasteiger partial charge < -0.3 is 0 Å². The zero-order chi connectivity index (χ0) is 10.8. The van der Waals surface area contributed by atoms with Gasteiger partial charge >= 0.3 is 6.18 Å². The Bertz CT molecular complexity index is 322. The van der Waals surface area contributed by atoms with Gasteiger partial charge in [-0.3, -0.25) is 0 Å². The first-order valence-electron chi connectivity index (χ1n) is 3.79. The Morgan fingerprint density at radius 3 is 2.43 bits per heavy atom. The SMILES string of the molecule is CSc1ccc(CCl)c(C(F)(F)F)c1. The van der Waals surface area contributed by atoms with Gasteiger partial charge in [-0.05, 0) is 24.0 Å². The number of alkyl halides is 4. The zero-order valence-corrected chi connectivity index (χ0v) is 8.93. The van der Waals surface area contributed by atoms with Crippen molar-refractivity contribution in [1.29, 1.82) is 0 Å². The van der Waals surface area contributed by atoms with Gasteiger partial charge in [0.25, 0.3) is 0 Å². The molecule has 0 N–H and O–H groups in total. The van der Waals surface area contributed by atoms with Gasteiger partial charge in [0.1, 0.15) is 0 Å². The molecule has 0 unspecified atom stereocenters. The lowest BCUT2D eigenvalue weighted by Gasteiger charge is -2.12. The lowest BCUT2D eigenvalue weighted by Crippen LogP contribution is -2.08. The van der Waals surface area contributed by atoms with Crippen molar-refractivity contribution in [3.63, 3.8) is 0 Å². The third kappa shape index (κ3) is 2.58. The van der Waals surface area contributed by atoms with Crippen LogP contribution in [-0.2, 0) is 12.1 Å². The molecule has 0 bridgehead atoms. The normalized spacial score (nSPS) is 11.8. The number of hydrogen-bond acceptors (Lipinski definition) is 1. The molecule has 14 heavy (non-hydrogen) atoms. The first-order chi connectivity index (χ1) is 6.49. The number of thioether (sulfide) groups is 1. The van der Waals surface area contributed by atoms with Crippen LogP contribution in [0.4, 0.5) is 13.2 Å². The lowest BCUT2D eigenvalue weighted by molar-refractivity contribution is -0.138. The number of hydrogen-bond donors (Lipinski definition) is 0. The molecule has 1 aromatic rings. The third-order valence-electron chi connectivity index (χ3n) is 1.77. The van der Waals surface area contributed by atoms with Gasteiger partial charge in [0, 0.05) is 10.8 Å². The Morgan fingerprint density at radius 1 is 1.36 bits per heavy atom. The van der Waals surface area contributed by atoms with Gasteiger partial charge in [0.15, 0.2) is 0 Å². The van der Waals surface area contributed by atoms with Crippen LogP contribution in [0.25, 0.3) is 0 Å². The Labute approximate surface area is 89.4 Å². The first kappa shape index (κ1) is 11.7. The van der Waals surface area contributed by atoms with E-state index in [1.54, 1.807) is 12.3 Å². The summed E-state index contributed by atoms with van der Waals surface area (Å²) in [5, 5.41) is 0. The first-order valence-corrected chi connectivity index (χ1v) is 5.55. The maximum atomic E-state index is 12.5. The summed E-state index contributed by atoms with van der Waals surface area (Å²) in [5.74, 6) is -0.122. The smallest absolute Gasteiger partial charge is 0.166 e. The molecule has 0 fully saturated rings. The highest BCUT2D eigenvalue weighted by atomic mass is 35.5. The predicted octanol–water partition coefficient (Wildman–Crippen LogP) is 4.17. The quantitative estimate of drug-likeness (QED) is 0.552. The molecule has 0 nitrogen and oxygen atoms in total. The molecule has 0 aliphatic heterocycles. The molecule has 0 aromatic heterocycles. The Balaban J connectivity index is 3.22. The monoisotopic (exact) mass is 240 g/mol. The number of benzene rings is 1. The molecule has 1 rings (SSSR count). The fourth-order valence-electron chi connectivity index (χ4n) is 1.06. The van der Waals surface area contributed by atoms with Gasteiger partial charge in [0.05, 0.1) is 5.56 Å². The van der Waals surface area contributed by atoms with Crippen molar-refractivity contribution in [2.24, 2.45) is 0 Å². The lowest BCUT2D eigenvalue weighted by atomic mass is 10.1. The average molecular weight is 241 g/mol. The predicted molar refractivity (Wildman–Crippen MR) is 52.8 cm³/mol. The van der Waals surface area contributed by atoms with Crippen LogP contribution in [0.5, 0.6) is 0 Å². The molecule has 78 valence electrons. The van der Waals surface area contributed by atoms with E-state index in [9.17, 15) is 13.2 Å². The van der Waals surface area contributed by atoms with E-state index in [1.807, 2.05) is 0 Å². The number of rotatable bonds is 2. The van der Waals surface area contributed by atoms with Gasteiger partial charge in [-0.25, -0.2) is 0 Å². The van der Waals surface area contributed by atoms with Crippen molar-refractivity contribution in [3.8, 4) is 0 Å². The molecule has 1 aromatic carbocycles. The largest absolute Gasteiger partial charge is 0.416 e. The van der Waals surface area contributed by atoms with Crippen molar-refractivity contribution in [2.45, 2.75) is 17.0 Å². The zero-order valence-electron chi connectivity index (χ0n) is 7.36. The van der Waals surface area contributed by atoms with Gasteiger partial charge in [-0.1, -0.05) is 6.07 Å². The summed E-state index contributed by atoms with van der Waals surface area (Å²) >= 11 is 6.70. The van der Waals surface area contributed by atoms with Crippen LogP contribution in [0.1, 0.15) is 11.1 Å². The molecule has 0 atom stereocenters. The Morgan fingerprint density at radius 2 is 2.00 bits per heavy atom. The van der Waals surface area contributed by atoms with E-state index in [2.05, 4.69) is 0 Å². The fraction of sp³-hybridized carbons (Fsp3) is 0.333. The number of halogens is 4. The second-order valence-electron chi connectivity index (χ2n) is 2.65. The highest BCUT2D eigenvalue weighted by molar-refractivity contribution is 7.98. The summed E-state index contributed by atoms with van der Waals surface area (Å²) in [5.41, 5.74) is -0.517. The highest BCUT2D eigenvalue weighted by Crippen LogP contribution is 2.34. The van der Waals surface area contributed by atoms with Crippen molar-refractivity contribution in [3.05, 3.63) is 29.3 Å². The minimum Gasteiger partial charge on any atom is -0.166 e. The molecular formula is C9H8ClF3S. The molecule has 0 saturated carbocycles. The van der Waals surface area contributed by atoms with Crippen molar-refractivity contribution in [2.75, 3.05) is 6.26 Å². The highest BCUT2D eigenvalue weighted by Gasteiger charge is 2.33. The maximum absolute atomic E-state index is 12.5. The van der Waals surface area contributed by atoms with Crippen LogP contribution < -0.4 is 0 Å². The summed E-state index contributed by atoms with van der Waals surface area (Å²) in [6.07, 6.45) is -2.59. The topological polar surface area (TPSA) is 0 Å². The van der Waals surface area contributed by atoms with Gasteiger partial charge in [-0.15, -0.1) is 23.4 Å². The molecule has 0 aliphatic rings. The fourth-order valence-corrected chi connectivity index (χ4v) is 1.74. The van der Waals surface area contributed by atoms with Crippen LogP contribution in [0, 0.1) is 0 Å². The third-order valence-corrected chi connectivity index (χ3v) is 2.78. The second-order valence-corrected chi connectivity index (χ2v) is 3.80. The molecule has 0 saturated heterocycles. The maximum Gasteiger partial charge on any atom is 0.416 e. The van der Waals surface area contributed by atoms with Crippen molar-refractivity contribution < 1.29 is 13.2 Å². The molecule has 0 spiro atoms. The van der Waals surface area contributed by atoms with Crippen LogP contribution in [0.2, 0.25) is 0 Å². The van der Waals surface area contributed by atoms with E-state index >= 15 is 0 Å². The standard InChI is InChI=1S/C9H8ClF3S/c1-14-7-3-2-6(5-10)8(4-7)9(11,12)13/h2-4H,5H2,1H3. The molecule has 0 amide bonds.